The van der Waals surface area contributed by atoms with E-state index in [2.05, 4.69) is 54.5 Å². The molecule has 1 aliphatic rings. The number of benzene rings is 1. The number of hydrogen-bond acceptors (Lipinski definition) is 4. The van der Waals surface area contributed by atoms with Gasteiger partial charge < -0.3 is 10.1 Å². The van der Waals surface area contributed by atoms with E-state index in [1.54, 1.807) is 11.3 Å². The topological polar surface area (TPSA) is 34.1 Å². The first-order valence-corrected chi connectivity index (χ1v) is 9.23. The van der Waals surface area contributed by atoms with Gasteiger partial charge >= 0.3 is 0 Å². The molecule has 1 aromatic carbocycles. The van der Waals surface area contributed by atoms with Gasteiger partial charge in [-0.05, 0) is 44.6 Å². The summed E-state index contributed by atoms with van der Waals surface area (Å²) < 4.78 is 5.80. The van der Waals surface area contributed by atoms with E-state index in [1.807, 2.05) is 7.11 Å². The Hall–Kier alpha value is -1.23. The van der Waals surface area contributed by atoms with Crippen molar-refractivity contribution in [3.8, 4) is 0 Å². The molecule has 1 heterocycles. The molecular formula is C19H26N2OS. The van der Waals surface area contributed by atoms with Crippen molar-refractivity contribution < 1.29 is 4.74 Å². The minimum absolute atomic E-state index is 0.272. The molecule has 4 heteroatoms. The second kappa shape index (κ2) is 7.56. The van der Waals surface area contributed by atoms with Crippen molar-refractivity contribution in [3.63, 3.8) is 0 Å². The molecular weight excluding hydrogens is 304 g/mol. The maximum absolute atomic E-state index is 5.80. The van der Waals surface area contributed by atoms with Gasteiger partial charge in [0.15, 0.2) is 0 Å². The molecule has 1 fully saturated rings. The predicted molar refractivity (Wildman–Crippen MR) is 96.0 cm³/mol. The van der Waals surface area contributed by atoms with E-state index in [4.69, 9.17) is 4.74 Å². The molecule has 0 spiro atoms. The summed E-state index contributed by atoms with van der Waals surface area (Å²) in [7, 11) is 1.84. The molecule has 1 N–H and O–H groups in total. The SMILES string of the molecule is COC1CC(c2ccccc2)CCC1NCc1nc(C)sc1C. The molecule has 0 saturated heterocycles. The summed E-state index contributed by atoms with van der Waals surface area (Å²) in [5, 5.41) is 4.83. The lowest BCUT2D eigenvalue weighted by Gasteiger charge is -2.36. The normalized spacial score (nSPS) is 24.7. The fraction of sp³-hybridized carbons (Fsp3) is 0.526. The quantitative estimate of drug-likeness (QED) is 0.892. The largest absolute Gasteiger partial charge is 0.380 e. The van der Waals surface area contributed by atoms with Gasteiger partial charge in [0.1, 0.15) is 0 Å². The highest BCUT2D eigenvalue weighted by atomic mass is 32.1. The van der Waals surface area contributed by atoms with Crippen LogP contribution < -0.4 is 5.32 Å². The fourth-order valence-electron chi connectivity index (χ4n) is 3.61. The van der Waals surface area contributed by atoms with E-state index in [9.17, 15) is 0 Å². The van der Waals surface area contributed by atoms with Gasteiger partial charge in [-0.3, -0.25) is 0 Å². The molecule has 0 bridgehead atoms. The van der Waals surface area contributed by atoms with Crippen LogP contribution >= 0.6 is 11.3 Å². The second-order valence-electron chi connectivity index (χ2n) is 6.42. The molecule has 2 aromatic rings. The Morgan fingerprint density at radius 3 is 2.65 bits per heavy atom. The van der Waals surface area contributed by atoms with Crippen LogP contribution in [-0.4, -0.2) is 24.2 Å². The highest BCUT2D eigenvalue weighted by molar-refractivity contribution is 7.11. The van der Waals surface area contributed by atoms with Gasteiger partial charge in [0, 0.05) is 24.6 Å². The Morgan fingerprint density at radius 1 is 1.22 bits per heavy atom. The second-order valence-corrected chi connectivity index (χ2v) is 7.83. The van der Waals surface area contributed by atoms with Crippen LogP contribution in [0.3, 0.4) is 0 Å². The summed E-state index contributed by atoms with van der Waals surface area (Å²) >= 11 is 1.78. The third kappa shape index (κ3) is 4.00. The average molecular weight is 330 g/mol. The Morgan fingerprint density at radius 2 is 2.00 bits per heavy atom. The van der Waals surface area contributed by atoms with E-state index in [-0.39, 0.29) is 6.10 Å². The van der Waals surface area contributed by atoms with Crippen molar-refractivity contribution in [3.05, 3.63) is 51.5 Å². The van der Waals surface area contributed by atoms with Crippen LogP contribution in [0.5, 0.6) is 0 Å². The number of rotatable bonds is 5. The minimum atomic E-state index is 0.272. The molecule has 1 aromatic heterocycles. The summed E-state index contributed by atoms with van der Waals surface area (Å²) in [6.07, 6.45) is 3.73. The molecule has 0 radical (unpaired) electrons. The maximum atomic E-state index is 5.80. The molecule has 0 amide bonds. The van der Waals surface area contributed by atoms with Crippen molar-refractivity contribution in [2.24, 2.45) is 0 Å². The molecule has 0 aliphatic heterocycles. The zero-order valence-corrected chi connectivity index (χ0v) is 15.0. The summed E-state index contributed by atoms with van der Waals surface area (Å²) in [5.41, 5.74) is 2.63. The highest BCUT2D eigenvalue weighted by Gasteiger charge is 2.31. The number of ether oxygens (including phenoxy) is 1. The first-order chi connectivity index (χ1) is 11.2. The molecule has 1 aliphatic carbocycles. The van der Waals surface area contributed by atoms with Gasteiger partial charge in [-0.25, -0.2) is 4.98 Å². The summed E-state index contributed by atoms with van der Waals surface area (Å²) in [6, 6.07) is 11.3. The summed E-state index contributed by atoms with van der Waals surface area (Å²) in [4.78, 5) is 5.94. The molecule has 23 heavy (non-hydrogen) atoms. The monoisotopic (exact) mass is 330 g/mol. The van der Waals surface area contributed by atoms with E-state index in [1.165, 1.54) is 22.6 Å². The average Bonchev–Trinajstić information content (AvgIpc) is 2.91. The van der Waals surface area contributed by atoms with Crippen molar-refractivity contribution in [1.82, 2.24) is 10.3 Å². The van der Waals surface area contributed by atoms with Crippen molar-refractivity contribution in [2.75, 3.05) is 7.11 Å². The van der Waals surface area contributed by atoms with Crippen LogP contribution in [-0.2, 0) is 11.3 Å². The van der Waals surface area contributed by atoms with Gasteiger partial charge in [0.2, 0.25) is 0 Å². The third-order valence-corrected chi connectivity index (χ3v) is 5.83. The number of aryl methyl sites for hydroxylation is 2. The molecule has 124 valence electrons. The molecule has 3 unspecified atom stereocenters. The van der Waals surface area contributed by atoms with Crippen molar-refractivity contribution in [1.29, 1.82) is 0 Å². The number of aromatic nitrogens is 1. The number of nitrogens with zero attached hydrogens (tertiary/aromatic N) is 1. The first kappa shape index (κ1) is 16.6. The van der Waals surface area contributed by atoms with Crippen LogP contribution in [0.15, 0.2) is 30.3 Å². The third-order valence-electron chi connectivity index (χ3n) is 4.90. The fourth-order valence-corrected chi connectivity index (χ4v) is 4.45. The van der Waals surface area contributed by atoms with Crippen molar-refractivity contribution >= 4 is 11.3 Å². The zero-order chi connectivity index (χ0) is 16.2. The summed E-state index contributed by atoms with van der Waals surface area (Å²) in [5.74, 6) is 0.613. The van der Waals surface area contributed by atoms with Gasteiger partial charge in [0.05, 0.1) is 16.8 Å². The lowest BCUT2D eigenvalue weighted by Crippen LogP contribution is -2.44. The van der Waals surface area contributed by atoms with Crippen LogP contribution in [0.1, 0.15) is 46.3 Å². The number of thiazole rings is 1. The summed E-state index contributed by atoms with van der Waals surface area (Å²) in [6.45, 7) is 5.07. The first-order valence-electron chi connectivity index (χ1n) is 8.41. The van der Waals surface area contributed by atoms with Crippen molar-refractivity contribution in [2.45, 2.75) is 57.7 Å². The minimum Gasteiger partial charge on any atom is -0.380 e. The number of nitrogens with one attached hydrogen (secondary N) is 1. The number of hydrogen-bond donors (Lipinski definition) is 1. The molecule has 3 rings (SSSR count). The van der Waals surface area contributed by atoms with Gasteiger partial charge in [0.25, 0.3) is 0 Å². The Balaban J connectivity index is 1.60. The smallest absolute Gasteiger partial charge is 0.0900 e. The number of methoxy groups -OCH3 is 1. The van der Waals surface area contributed by atoms with Crippen LogP contribution in [0.2, 0.25) is 0 Å². The highest BCUT2D eigenvalue weighted by Crippen LogP contribution is 2.34. The Kier molecular flexibility index (Phi) is 5.46. The maximum Gasteiger partial charge on any atom is 0.0900 e. The van der Waals surface area contributed by atoms with Crippen LogP contribution in [0, 0.1) is 13.8 Å². The van der Waals surface area contributed by atoms with Crippen LogP contribution in [0.25, 0.3) is 0 Å². The Labute approximate surface area is 143 Å². The van der Waals surface area contributed by atoms with Gasteiger partial charge in [-0.1, -0.05) is 30.3 Å². The predicted octanol–water partition coefficient (Wildman–Crippen LogP) is 4.20. The molecule has 1 saturated carbocycles. The van der Waals surface area contributed by atoms with E-state index < -0.39 is 0 Å². The standard InChI is InChI=1S/C19H26N2OS/c1-13-18(21-14(2)23-13)12-20-17-10-9-16(11-19(17)22-3)15-7-5-4-6-8-15/h4-8,16-17,19-20H,9-12H2,1-3H3. The van der Waals surface area contributed by atoms with E-state index in [0.717, 1.165) is 24.4 Å². The van der Waals surface area contributed by atoms with E-state index >= 15 is 0 Å². The van der Waals surface area contributed by atoms with Crippen LogP contribution in [0.4, 0.5) is 0 Å². The van der Waals surface area contributed by atoms with Gasteiger partial charge in [-0.15, -0.1) is 11.3 Å². The Bertz CT molecular complexity index is 626. The zero-order valence-electron chi connectivity index (χ0n) is 14.2. The van der Waals surface area contributed by atoms with Gasteiger partial charge in [-0.2, -0.15) is 0 Å². The molecule has 3 atom stereocenters. The lowest BCUT2D eigenvalue weighted by molar-refractivity contribution is 0.0341. The molecule has 3 nitrogen and oxygen atoms in total. The van der Waals surface area contributed by atoms with E-state index in [0.29, 0.717) is 12.0 Å². The lowest BCUT2D eigenvalue weighted by atomic mass is 9.80.